The fraction of sp³-hybridized carbons (Fsp3) is 0.0714. The third kappa shape index (κ3) is 2.15. The van der Waals surface area contributed by atoms with E-state index >= 15 is 0 Å². The molecule has 2 N–H and O–H groups in total. The van der Waals surface area contributed by atoms with Crippen LogP contribution in [0.4, 0.5) is 4.39 Å². The van der Waals surface area contributed by atoms with E-state index in [4.69, 9.17) is 4.42 Å². The fourth-order valence-corrected chi connectivity index (χ4v) is 2.00. The monoisotopic (exact) mass is 259 g/mol. The summed E-state index contributed by atoms with van der Waals surface area (Å²) < 4.78 is 18.0. The van der Waals surface area contributed by atoms with Gasteiger partial charge in [-0.05, 0) is 35.4 Å². The number of benzene rings is 2. The molecule has 1 heterocycles. The molecule has 1 unspecified atom stereocenters. The number of oxazole rings is 1. The van der Waals surface area contributed by atoms with E-state index in [1.807, 2.05) is 0 Å². The lowest BCUT2D eigenvalue weighted by atomic mass is 10.0. The average molecular weight is 259 g/mol. The van der Waals surface area contributed by atoms with E-state index in [0.717, 1.165) is 0 Å². The summed E-state index contributed by atoms with van der Waals surface area (Å²) in [4.78, 5) is 13.6. The van der Waals surface area contributed by atoms with E-state index in [2.05, 4.69) is 4.98 Å². The van der Waals surface area contributed by atoms with Gasteiger partial charge in [0, 0.05) is 0 Å². The molecule has 0 fully saturated rings. The van der Waals surface area contributed by atoms with Crippen LogP contribution in [0.25, 0.3) is 11.1 Å². The number of aromatic amines is 1. The van der Waals surface area contributed by atoms with Crippen LogP contribution >= 0.6 is 0 Å². The third-order valence-corrected chi connectivity index (χ3v) is 2.93. The summed E-state index contributed by atoms with van der Waals surface area (Å²) >= 11 is 0. The SMILES string of the molecule is O=c1[nH]c2ccc(C(O)c3cccc(F)c3)cc2o1. The number of hydrogen-bond acceptors (Lipinski definition) is 3. The Morgan fingerprint density at radius 2 is 1.95 bits per heavy atom. The molecule has 1 atom stereocenters. The van der Waals surface area contributed by atoms with E-state index < -0.39 is 17.7 Å². The maximum Gasteiger partial charge on any atom is 0.417 e. The molecule has 0 amide bonds. The van der Waals surface area contributed by atoms with Crippen LogP contribution in [0.5, 0.6) is 0 Å². The van der Waals surface area contributed by atoms with Gasteiger partial charge in [0.2, 0.25) is 0 Å². The normalized spacial score (nSPS) is 12.7. The van der Waals surface area contributed by atoms with Crippen LogP contribution in [0.3, 0.4) is 0 Å². The molecule has 5 heteroatoms. The molecule has 0 aliphatic heterocycles. The molecule has 0 aliphatic carbocycles. The van der Waals surface area contributed by atoms with Crippen LogP contribution in [0.1, 0.15) is 17.2 Å². The van der Waals surface area contributed by atoms with Gasteiger partial charge in [-0.15, -0.1) is 0 Å². The van der Waals surface area contributed by atoms with Crippen molar-refractivity contribution in [1.82, 2.24) is 4.98 Å². The minimum atomic E-state index is -0.972. The lowest BCUT2D eigenvalue weighted by molar-refractivity contribution is 0.220. The van der Waals surface area contributed by atoms with Crippen molar-refractivity contribution in [2.45, 2.75) is 6.10 Å². The molecule has 19 heavy (non-hydrogen) atoms. The highest BCUT2D eigenvalue weighted by molar-refractivity contribution is 5.73. The zero-order chi connectivity index (χ0) is 13.4. The molecule has 2 aromatic carbocycles. The summed E-state index contributed by atoms with van der Waals surface area (Å²) in [6.07, 6.45) is -0.972. The Hall–Kier alpha value is -2.40. The van der Waals surface area contributed by atoms with Gasteiger partial charge in [0.25, 0.3) is 0 Å². The predicted octanol–water partition coefficient (Wildman–Crippen LogP) is 2.34. The second kappa shape index (κ2) is 4.37. The molecule has 0 saturated heterocycles. The van der Waals surface area contributed by atoms with Gasteiger partial charge in [0.1, 0.15) is 11.9 Å². The molecular formula is C14H10FNO3. The van der Waals surface area contributed by atoms with Crippen molar-refractivity contribution in [3.63, 3.8) is 0 Å². The Morgan fingerprint density at radius 3 is 2.74 bits per heavy atom. The van der Waals surface area contributed by atoms with Crippen molar-refractivity contribution < 1.29 is 13.9 Å². The number of fused-ring (bicyclic) bond motifs is 1. The predicted molar refractivity (Wildman–Crippen MR) is 67.3 cm³/mol. The summed E-state index contributed by atoms with van der Waals surface area (Å²) in [6, 6.07) is 10.6. The largest absolute Gasteiger partial charge is 0.417 e. The van der Waals surface area contributed by atoms with Crippen molar-refractivity contribution in [3.05, 3.63) is 70.0 Å². The molecule has 3 aromatic rings. The van der Waals surface area contributed by atoms with E-state index in [-0.39, 0.29) is 0 Å². The van der Waals surface area contributed by atoms with E-state index in [9.17, 15) is 14.3 Å². The fourth-order valence-electron chi connectivity index (χ4n) is 2.00. The molecule has 3 rings (SSSR count). The third-order valence-electron chi connectivity index (χ3n) is 2.93. The topological polar surface area (TPSA) is 66.2 Å². The zero-order valence-electron chi connectivity index (χ0n) is 9.76. The van der Waals surface area contributed by atoms with Crippen molar-refractivity contribution >= 4 is 11.1 Å². The molecule has 4 nitrogen and oxygen atoms in total. The molecule has 1 aromatic heterocycles. The molecule has 0 radical (unpaired) electrons. The van der Waals surface area contributed by atoms with Gasteiger partial charge in [-0.1, -0.05) is 18.2 Å². The number of halogens is 1. The highest BCUT2D eigenvalue weighted by Crippen LogP contribution is 2.24. The maximum absolute atomic E-state index is 13.1. The van der Waals surface area contributed by atoms with Crippen LogP contribution in [0.15, 0.2) is 51.7 Å². The first-order valence-corrected chi connectivity index (χ1v) is 5.70. The van der Waals surface area contributed by atoms with Gasteiger partial charge in [0.05, 0.1) is 5.52 Å². The second-order valence-corrected chi connectivity index (χ2v) is 4.23. The molecular weight excluding hydrogens is 249 g/mol. The van der Waals surface area contributed by atoms with E-state index in [1.165, 1.54) is 18.2 Å². The van der Waals surface area contributed by atoms with Crippen LogP contribution < -0.4 is 5.76 Å². The zero-order valence-corrected chi connectivity index (χ0v) is 9.76. The van der Waals surface area contributed by atoms with Gasteiger partial charge in [0.15, 0.2) is 5.58 Å². The smallest absolute Gasteiger partial charge is 0.408 e. The first-order valence-electron chi connectivity index (χ1n) is 5.70. The number of aliphatic hydroxyl groups excluding tert-OH is 1. The van der Waals surface area contributed by atoms with Crippen LogP contribution in [-0.4, -0.2) is 10.1 Å². The van der Waals surface area contributed by atoms with Crippen LogP contribution in [0, 0.1) is 5.82 Å². The van der Waals surface area contributed by atoms with E-state index in [1.54, 1.807) is 24.3 Å². The molecule has 96 valence electrons. The number of H-pyrrole nitrogens is 1. The highest BCUT2D eigenvalue weighted by atomic mass is 19.1. The minimum absolute atomic E-state index is 0.359. The van der Waals surface area contributed by atoms with E-state index in [0.29, 0.717) is 22.2 Å². The standard InChI is InChI=1S/C14H10FNO3/c15-10-3-1-2-8(6-10)13(17)9-4-5-11-12(7-9)19-14(18)16-11/h1-7,13,17H,(H,16,18). The first-order chi connectivity index (χ1) is 9.13. The molecule has 0 aliphatic rings. The summed E-state index contributed by atoms with van der Waals surface area (Å²) in [6.45, 7) is 0. The Labute approximate surface area is 107 Å². The van der Waals surface area contributed by atoms with Gasteiger partial charge in [-0.25, -0.2) is 9.18 Å². The van der Waals surface area contributed by atoms with Crippen molar-refractivity contribution in [3.8, 4) is 0 Å². The van der Waals surface area contributed by atoms with Crippen molar-refractivity contribution in [2.75, 3.05) is 0 Å². The summed E-state index contributed by atoms with van der Waals surface area (Å²) in [5.74, 6) is -0.960. The first kappa shape index (κ1) is 11.7. The van der Waals surface area contributed by atoms with Gasteiger partial charge in [-0.2, -0.15) is 0 Å². The van der Waals surface area contributed by atoms with Crippen molar-refractivity contribution in [1.29, 1.82) is 0 Å². The number of aromatic nitrogens is 1. The Morgan fingerprint density at radius 1 is 1.16 bits per heavy atom. The minimum Gasteiger partial charge on any atom is -0.408 e. The quantitative estimate of drug-likeness (QED) is 0.742. The van der Waals surface area contributed by atoms with Crippen molar-refractivity contribution in [2.24, 2.45) is 0 Å². The molecule has 0 bridgehead atoms. The highest BCUT2D eigenvalue weighted by Gasteiger charge is 2.13. The van der Waals surface area contributed by atoms with Gasteiger partial charge < -0.3 is 9.52 Å². The Balaban J connectivity index is 2.05. The Kier molecular flexibility index (Phi) is 2.68. The molecule has 0 spiro atoms. The van der Waals surface area contributed by atoms with Gasteiger partial charge in [-0.3, -0.25) is 4.98 Å². The lowest BCUT2D eigenvalue weighted by Gasteiger charge is -2.11. The lowest BCUT2D eigenvalue weighted by Crippen LogP contribution is -1.99. The number of aliphatic hydroxyl groups is 1. The average Bonchev–Trinajstić information content (AvgIpc) is 2.76. The summed E-state index contributed by atoms with van der Waals surface area (Å²) in [5.41, 5.74) is 1.89. The second-order valence-electron chi connectivity index (χ2n) is 4.23. The van der Waals surface area contributed by atoms with Crippen LogP contribution in [0.2, 0.25) is 0 Å². The number of nitrogens with one attached hydrogen (secondary N) is 1. The number of rotatable bonds is 2. The maximum atomic E-state index is 13.1. The van der Waals surface area contributed by atoms with Crippen LogP contribution in [-0.2, 0) is 0 Å². The molecule has 0 saturated carbocycles. The summed E-state index contributed by atoms with van der Waals surface area (Å²) in [5, 5.41) is 10.2. The summed E-state index contributed by atoms with van der Waals surface area (Å²) in [7, 11) is 0. The Bertz CT molecular complexity index is 790. The number of hydrogen-bond donors (Lipinski definition) is 2. The van der Waals surface area contributed by atoms with Gasteiger partial charge >= 0.3 is 5.76 Å².